The summed E-state index contributed by atoms with van der Waals surface area (Å²) in [5.74, 6) is 0. The molecular formula is C7H17N2Si+. The third-order valence-electron chi connectivity index (χ3n) is 2.13. The van der Waals surface area contributed by atoms with E-state index in [9.17, 15) is 0 Å². The zero-order valence-electron chi connectivity index (χ0n) is 7.01. The summed E-state index contributed by atoms with van der Waals surface area (Å²) in [5.41, 5.74) is 0. The highest BCUT2D eigenvalue weighted by molar-refractivity contribution is 6.08. The van der Waals surface area contributed by atoms with Gasteiger partial charge in [-0.3, -0.25) is 0 Å². The first-order valence-corrected chi connectivity index (χ1v) is 5.50. The van der Waals surface area contributed by atoms with Crippen LogP contribution in [0.3, 0.4) is 0 Å². The van der Waals surface area contributed by atoms with Crippen LogP contribution in [0.1, 0.15) is 6.42 Å². The number of quaternary nitrogens is 1. The molecule has 0 aliphatic carbocycles. The maximum Gasteiger partial charge on any atom is 0.172 e. The number of rotatable bonds is 3. The van der Waals surface area contributed by atoms with Crippen molar-refractivity contribution >= 4 is 16.5 Å². The van der Waals surface area contributed by atoms with Crippen molar-refractivity contribution in [1.29, 1.82) is 0 Å². The Labute approximate surface area is 66.0 Å². The van der Waals surface area contributed by atoms with Crippen LogP contribution < -0.4 is 0 Å². The van der Waals surface area contributed by atoms with Crippen molar-refractivity contribution in [2.75, 3.05) is 26.8 Å². The molecule has 1 unspecified atom stereocenters. The highest BCUT2D eigenvalue weighted by Gasteiger charge is 2.22. The predicted octanol–water partition coefficient (Wildman–Crippen LogP) is -0.351. The van der Waals surface area contributed by atoms with E-state index in [1.165, 1.54) is 29.3 Å². The second-order valence-corrected chi connectivity index (χ2v) is 4.39. The molecule has 3 heteroatoms. The molecule has 10 heavy (non-hydrogen) atoms. The van der Waals surface area contributed by atoms with Crippen LogP contribution in [0.15, 0.2) is 4.99 Å². The largest absolute Gasteiger partial charge is 0.303 e. The average Bonchev–Trinajstić information content (AvgIpc) is 2.33. The molecule has 58 valence electrons. The molecule has 0 fully saturated rings. The Morgan fingerprint density at radius 2 is 2.50 bits per heavy atom. The van der Waals surface area contributed by atoms with Crippen LogP contribution in [0.25, 0.3) is 0 Å². The summed E-state index contributed by atoms with van der Waals surface area (Å²) in [4.78, 5) is 4.25. The molecule has 1 aliphatic rings. The van der Waals surface area contributed by atoms with E-state index in [1.54, 1.807) is 0 Å². The van der Waals surface area contributed by atoms with E-state index in [2.05, 4.69) is 18.3 Å². The topological polar surface area (TPSA) is 12.4 Å². The molecule has 0 N–H and O–H groups in total. The van der Waals surface area contributed by atoms with Crippen LogP contribution in [0.2, 0.25) is 6.04 Å². The van der Waals surface area contributed by atoms with Crippen molar-refractivity contribution in [3.05, 3.63) is 0 Å². The molecule has 0 aromatic heterocycles. The molecule has 0 saturated carbocycles. The molecule has 0 saturated heterocycles. The molecular weight excluding hydrogens is 140 g/mol. The van der Waals surface area contributed by atoms with Crippen LogP contribution in [0.4, 0.5) is 0 Å². The molecule has 1 atom stereocenters. The minimum atomic E-state index is 1.02. The lowest BCUT2D eigenvalue weighted by Crippen LogP contribution is -2.42. The van der Waals surface area contributed by atoms with E-state index in [-0.39, 0.29) is 0 Å². The van der Waals surface area contributed by atoms with Gasteiger partial charge in [0.1, 0.15) is 6.54 Å². The monoisotopic (exact) mass is 157 g/mol. The van der Waals surface area contributed by atoms with Gasteiger partial charge in [0.25, 0.3) is 0 Å². The quantitative estimate of drug-likeness (QED) is 0.392. The van der Waals surface area contributed by atoms with Crippen LogP contribution in [0, 0.1) is 0 Å². The minimum absolute atomic E-state index is 1.02. The maximum atomic E-state index is 4.25. The van der Waals surface area contributed by atoms with Crippen molar-refractivity contribution in [2.45, 2.75) is 12.5 Å². The molecule has 1 rings (SSSR count). The number of hydrogen-bond donors (Lipinski definition) is 0. The van der Waals surface area contributed by atoms with Crippen molar-refractivity contribution in [1.82, 2.24) is 0 Å². The molecule has 0 amide bonds. The Hall–Kier alpha value is -0.153. The van der Waals surface area contributed by atoms with Gasteiger partial charge in [0.05, 0.1) is 19.8 Å². The van der Waals surface area contributed by atoms with Crippen LogP contribution >= 0.6 is 0 Å². The van der Waals surface area contributed by atoms with Gasteiger partial charge in [0.2, 0.25) is 0 Å². The predicted molar refractivity (Wildman–Crippen MR) is 48.6 cm³/mol. The van der Waals surface area contributed by atoms with Gasteiger partial charge in [0.15, 0.2) is 6.67 Å². The Morgan fingerprint density at radius 3 is 3.00 bits per heavy atom. The molecule has 0 bridgehead atoms. The molecule has 0 radical (unpaired) electrons. The van der Waals surface area contributed by atoms with Gasteiger partial charge in [-0.15, -0.1) is 0 Å². The first kappa shape index (κ1) is 7.95. The standard InChI is InChI=1S/C7H17N2Si/c1-9(4-2-6-10)5-3-8-7-9/h3H,2,4-7H2,1,10H3/q+1. The van der Waals surface area contributed by atoms with Crippen molar-refractivity contribution in [3.63, 3.8) is 0 Å². The molecule has 2 nitrogen and oxygen atoms in total. The van der Waals surface area contributed by atoms with Gasteiger partial charge in [0, 0.05) is 10.2 Å². The SMILES string of the molecule is C[N+]1(CCC[SiH3])CC=NC1. The lowest BCUT2D eigenvalue weighted by Gasteiger charge is -2.27. The summed E-state index contributed by atoms with van der Waals surface area (Å²) in [5, 5.41) is 0. The maximum absolute atomic E-state index is 4.25. The third kappa shape index (κ3) is 1.92. The van der Waals surface area contributed by atoms with E-state index in [1.807, 2.05) is 0 Å². The van der Waals surface area contributed by atoms with E-state index < -0.39 is 0 Å². The van der Waals surface area contributed by atoms with Crippen LogP contribution in [-0.2, 0) is 0 Å². The lowest BCUT2D eigenvalue weighted by atomic mass is 10.4. The number of nitrogens with zero attached hydrogens (tertiary/aromatic N) is 2. The molecule has 0 aromatic rings. The fourth-order valence-electron chi connectivity index (χ4n) is 1.27. The first-order chi connectivity index (χ1) is 4.77. The van der Waals surface area contributed by atoms with Crippen LogP contribution in [-0.4, -0.2) is 47.7 Å². The van der Waals surface area contributed by atoms with Crippen molar-refractivity contribution in [2.24, 2.45) is 4.99 Å². The smallest absolute Gasteiger partial charge is 0.172 e. The highest BCUT2D eigenvalue weighted by atomic mass is 28.1. The zero-order chi connectivity index (χ0) is 7.45. The summed E-state index contributed by atoms with van der Waals surface area (Å²) in [7, 11) is 3.65. The van der Waals surface area contributed by atoms with E-state index in [0.717, 1.165) is 17.7 Å². The summed E-state index contributed by atoms with van der Waals surface area (Å²) in [6.07, 6.45) is 3.46. The molecule has 1 aliphatic heterocycles. The summed E-state index contributed by atoms with van der Waals surface area (Å²) in [6.45, 7) is 3.49. The number of aliphatic imine (C=N–C) groups is 1. The fourth-order valence-corrected chi connectivity index (χ4v) is 1.59. The van der Waals surface area contributed by atoms with Gasteiger partial charge in [-0.05, 0) is 6.42 Å². The van der Waals surface area contributed by atoms with Gasteiger partial charge in [-0.1, -0.05) is 6.04 Å². The molecule has 0 aromatic carbocycles. The molecule has 1 heterocycles. The second kappa shape index (κ2) is 3.30. The number of hydrogen-bond acceptors (Lipinski definition) is 1. The van der Waals surface area contributed by atoms with Crippen LogP contribution in [0.5, 0.6) is 0 Å². The van der Waals surface area contributed by atoms with Gasteiger partial charge in [-0.2, -0.15) is 0 Å². The average molecular weight is 157 g/mol. The first-order valence-electron chi connectivity index (χ1n) is 4.09. The van der Waals surface area contributed by atoms with Crippen molar-refractivity contribution < 1.29 is 4.48 Å². The summed E-state index contributed by atoms with van der Waals surface area (Å²) >= 11 is 0. The Balaban J connectivity index is 2.24. The summed E-state index contributed by atoms with van der Waals surface area (Å²) < 4.78 is 1.16. The van der Waals surface area contributed by atoms with E-state index >= 15 is 0 Å². The Kier molecular flexibility index (Phi) is 2.62. The minimum Gasteiger partial charge on any atom is -0.303 e. The Morgan fingerprint density at radius 1 is 1.70 bits per heavy atom. The van der Waals surface area contributed by atoms with Crippen molar-refractivity contribution in [3.8, 4) is 0 Å². The molecule has 0 spiro atoms. The van der Waals surface area contributed by atoms with Gasteiger partial charge >= 0.3 is 0 Å². The van der Waals surface area contributed by atoms with Gasteiger partial charge in [-0.25, -0.2) is 4.99 Å². The van der Waals surface area contributed by atoms with E-state index in [0.29, 0.717) is 0 Å². The fraction of sp³-hybridized carbons (Fsp3) is 0.857. The second-order valence-electron chi connectivity index (χ2n) is 3.39. The lowest BCUT2D eigenvalue weighted by molar-refractivity contribution is -0.894. The Bertz CT molecular complexity index is 126. The van der Waals surface area contributed by atoms with Gasteiger partial charge < -0.3 is 4.48 Å². The highest BCUT2D eigenvalue weighted by Crippen LogP contribution is 2.08. The van der Waals surface area contributed by atoms with E-state index in [4.69, 9.17) is 0 Å². The zero-order valence-corrected chi connectivity index (χ0v) is 9.01. The normalized spacial score (nSPS) is 31.7. The summed E-state index contributed by atoms with van der Waals surface area (Å²) in [6, 6.07) is 1.44. The third-order valence-corrected chi connectivity index (χ3v) is 2.83.